The van der Waals surface area contributed by atoms with E-state index in [1.54, 1.807) is 28.4 Å². The third-order valence-electron chi connectivity index (χ3n) is 4.13. The van der Waals surface area contributed by atoms with Crippen molar-refractivity contribution in [3.63, 3.8) is 0 Å². The third kappa shape index (κ3) is 4.64. The maximum atomic E-state index is 13.0. The van der Waals surface area contributed by atoms with Crippen LogP contribution < -0.4 is 5.43 Å². The number of rotatable bonds is 6. The van der Waals surface area contributed by atoms with Crippen molar-refractivity contribution >= 4 is 23.7 Å². The van der Waals surface area contributed by atoms with Gasteiger partial charge in [0.05, 0.1) is 29.7 Å². The molecular weight excluding hydrogens is 383 g/mol. The largest absolute Gasteiger partial charge is 0.271 e. The molecule has 3 aromatic rings. The van der Waals surface area contributed by atoms with Crippen LogP contribution in [0, 0.1) is 26.6 Å². The van der Waals surface area contributed by atoms with Crippen LogP contribution in [0.25, 0.3) is 0 Å². The lowest BCUT2D eigenvalue weighted by Crippen LogP contribution is -2.24. The Morgan fingerprint density at radius 1 is 1.21 bits per heavy atom. The summed E-state index contributed by atoms with van der Waals surface area (Å²) >= 11 is 6.39. The molecule has 2 aromatic heterocycles. The maximum absolute atomic E-state index is 13.0. The highest BCUT2D eigenvalue weighted by Crippen LogP contribution is 2.19. The van der Waals surface area contributed by atoms with E-state index in [-0.39, 0.29) is 18.3 Å². The van der Waals surface area contributed by atoms with Gasteiger partial charge in [0.1, 0.15) is 17.5 Å². The van der Waals surface area contributed by atoms with E-state index in [2.05, 4.69) is 20.7 Å². The number of hydrogen-bond donors (Lipinski definition) is 1. The molecule has 1 N–H and O–H groups in total. The maximum Gasteiger partial charge on any atom is 0.261 e. The van der Waals surface area contributed by atoms with E-state index in [1.165, 1.54) is 18.3 Å². The first-order valence-corrected chi connectivity index (χ1v) is 9.01. The Labute approximate surface area is 166 Å². The zero-order chi connectivity index (χ0) is 20.3. The molecular formula is C19H20ClFN6O. The molecule has 0 saturated heterocycles. The van der Waals surface area contributed by atoms with Crippen LogP contribution >= 0.6 is 11.6 Å². The first-order chi connectivity index (χ1) is 13.3. The van der Waals surface area contributed by atoms with Gasteiger partial charge in [-0.2, -0.15) is 15.3 Å². The number of nitrogens with one attached hydrogen (secondary N) is 1. The van der Waals surface area contributed by atoms with Crippen molar-refractivity contribution in [2.24, 2.45) is 5.10 Å². The van der Waals surface area contributed by atoms with Gasteiger partial charge in [-0.05, 0) is 44.5 Å². The number of benzene rings is 1. The molecule has 0 saturated carbocycles. The first kappa shape index (κ1) is 19.8. The van der Waals surface area contributed by atoms with Gasteiger partial charge in [0.2, 0.25) is 0 Å². The van der Waals surface area contributed by atoms with Gasteiger partial charge in [0.25, 0.3) is 5.91 Å². The molecule has 146 valence electrons. The van der Waals surface area contributed by atoms with Gasteiger partial charge in [0, 0.05) is 5.69 Å². The molecule has 0 aliphatic heterocycles. The van der Waals surface area contributed by atoms with Gasteiger partial charge in [-0.15, -0.1) is 0 Å². The van der Waals surface area contributed by atoms with Crippen molar-refractivity contribution < 1.29 is 9.18 Å². The third-order valence-corrected chi connectivity index (χ3v) is 4.53. The number of hydrogen-bond acceptors (Lipinski definition) is 4. The number of hydrazone groups is 1. The minimum atomic E-state index is -0.296. The summed E-state index contributed by atoms with van der Waals surface area (Å²) < 4.78 is 16.2. The molecule has 1 amide bonds. The predicted molar refractivity (Wildman–Crippen MR) is 105 cm³/mol. The predicted octanol–water partition coefficient (Wildman–Crippen LogP) is 3.00. The zero-order valence-electron chi connectivity index (χ0n) is 15.8. The summed E-state index contributed by atoms with van der Waals surface area (Å²) in [6, 6.07) is 8.03. The molecule has 0 radical (unpaired) electrons. The number of carbonyl (C=O) groups excluding carboxylic acids is 1. The van der Waals surface area contributed by atoms with Crippen LogP contribution in [-0.2, 0) is 17.9 Å². The van der Waals surface area contributed by atoms with Crippen LogP contribution in [0.1, 0.15) is 28.2 Å². The number of amides is 1. The van der Waals surface area contributed by atoms with E-state index in [0.717, 1.165) is 17.0 Å². The lowest BCUT2D eigenvalue weighted by atomic mass is 10.2. The summed E-state index contributed by atoms with van der Waals surface area (Å²) in [6.45, 7) is 6.03. The Hall–Kier alpha value is -3.00. The number of carbonyl (C=O) groups is 1. The van der Waals surface area contributed by atoms with Crippen molar-refractivity contribution in [3.05, 3.63) is 69.5 Å². The normalized spacial score (nSPS) is 11.3. The van der Waals surface area contributed by atoms with Crippen LogP contribution in [0.5, 0.6) is 0 Å². The van der Waals surface area contributed by atoms with Gasteiger partial charge in [-0.1, -0.05) is 23.7 Å². The molecule has 0 bridgehead atoms. The second-order valence-electron chi connectivity index (χ2n) is 6.45. The van der Waals surface area contributed by atoms with Crippen LogP contribution in [0.4, 0.5) is 4.39 Å². The van der Waals surface area contributed by atoms with Crippen LogP contribution in [0.15, 0.2) is 35.4 Å². The van der Waals surface area contributed by atoms with Crippen molar-refractivity contribution in [1.82, 2.24) is 25.0 Å². The first-order valence-electron chi connectivity index (χ1n) is 8.64. The van der Waals surface area contributed by atoms with E-state index in [4.69, 9.17) is 11.6 Å². The van der Waals surface area contributed by atoms with E-state index >= 15 is 0 Å². The molecule has 0 unspecified atom stereocenters. The summed E-state index contributed by atoms with van der Waals surface area (Å²) in [5, 5.41) is 13.0. The molecule has 0 atom stereocenters. The quantitative estimate of drug-likeness (QED) is 0.508. The topological polar surface area (TPSA) is 77.1 Å². The highest BCUT2D eigenvalue weighted by molar-refractivity contribution is 6.32. The molecule has 0 spiro atoms. The van der Waals surface area contributed by atoms with E-state index < -0.39 is 0 Å². The Morgan fingerprint density at radius 3 is 2.57 bits per heavy atom. The van der Waals surface area contributed by atoms with Gasteiger partial charge in [-0.3, -0.25) is 9.48 Å². The highest BCUT2D eigenvalue weighted by Gasteiger charge is 2.12. The summed E-state index contributed by atoms with van der Waals surface area (Å²) in [5.41, 5.74) is 6.37. The second kappa shape index (κ2) is 8.35. The lowest BCUT2D eigenvalue weighted by molar-refractivity contribution is -0.121. The standard InChI is InChI=1S/C19H20ClFN6O/c1-12-8-13(2)26(24-12)11-18(28)23-22-9-17-14(3)25-27(19(17)20)10-15-4-6-16(21)7-5-15/h4-9H,10-11H2,1-3H3,(H,23,28)/b22-9+. The molecule has 2 heterocycles. The fourth-order valence-electron chi connectivity index (χ4n) is 2.76. The zero-order valence-corrected chi connectivity index (χ0v) is 16.5. The van der Waals surface area contributed by atoms with Crippen LogP contribution in [0.3, 0.4) is 0 Å². The Morgan fingerprint density at radius 2 is 1.93 bits per heavy atom. The molecule has 0 fully saturated rings. The Balaban J connectivity index is 1.65. The summed E-state index contributed by atoms with van der Waals surface area (Å²) in [7, 11) is 0. The average Bonchev–Trinajstić information content (AvgIpc) is 3.09. The van der Waals surface area contributed by atoms with Gasteiger partial charge in [-0.25, -0.2) is 14.5 Å². The van der Waals surface area contributed by atoms with Crippen LogP contribution in [-0.4, -0.2) is 31.7 Å². The second-order valence-corrected chi connectivity index (χ2v) is 6.81. The van der Waals surface area contributed by atoms with E-state index in [0.29, 0.717) is 23.0 Å². The fourth-order valence-corrected chi connectivity index (χ4v) is 3.04. The SMILES string of the molecule is Cc1cc(C)n(CC(=O)N/N=C/c2c(C)nn(Cc3ccc(F)cc3)c2Cl)n1. The van der Waals surface area contributed by atoms with Crippen molar-refractivity contribution in [1.29, 1.82) is 0 Å². The number of aromatic nitrogens is 4. The van der Waals surface area contributed by atoms with Gasteiger partial charge >= 0.3 is 0 Å². The molecule has 0 aliphatic carbocycles. The number of halogens is 2. The van der Waals surface area contributed by atoms with Crippen molar-refractivity contribution in [3.8, 4) is 0 Å². The van der Waals surface area contributed by atoms with Gasteiger partial charge in [0.15, 0.2) is 0 Å². The summed E-state index contributed by atoms with van der Waals surface area (Å²) in [5.74, 6) is -0.592. The molecule has 0 aliphatic rings. The molecule has 1 aromatic carbocycles. The van der Waals surface area contributed by atoms with E-state index in [9.17, 15) is 9.18 Å². The monoisotopic (exact) mass is 402 g/mol. The molecule has 3 rings (SSSR count). The highest BCUT2D eigenvalue weighted by atomic mass is 35.5. The summed E-state index contributed by atoms with van der Waals surface area (Å²) in [4.78, 5) is 12.0. The smallest absolute Gasteiger partial charge is 0.261 e. The minimum Gasteiger partial charge on any atom is -0.271 e. The summed E-state index contributed by atoms with van der Waals surface area (Å²) in [6.07, 6.45) is 1.46. The van der Waals surface area contributed by atoms with Crippen LogP contribution in [0.2, 0.25) is 5.15 Å². The van der Waals surface area contributed by atoms with E-state index in [1.807, 2.05) is 19.9 Å². The Bertz CT molecular complexity index is 1020. The average molecular weight is 403 g/mol. The van der Waals surface area contributed by atoms with Crippen molar-refractivity contribution in [2.45, 2.75) is 33.9 Å². The molecule has 9 heteroatoms. The lowest BCUT2D eigenvalue weighted by Gasteiger charge is -2.04. The van der Waals surface area contributed by atoms with Gasteiger partial charge < -0.3 is 0 Å². The molecule has 28 heavy (non-hydrogen) atoms. The molecule has 7 nitrogen and oxygen atoms in total. The minimum absolute atomic E-state index is 0.0769. The fraction of sp³-hybridized carbons (Fsp3) is 0.263. The number of nitrogens with zero attached hydrogens (tertiary/aromatic N) is 5. The number of aryl methyl sites for hydroxylation is 3. The van der Waals surface area contributed by atoms with Crippen molar-refractivity contribution in [2.75, 3.05) is 0 Å². The Kier molecular flexibility index (Phi) is 5.89.